The maximum atomic E-state index is 13.5. The van der Waals surface area contributed by atoms with Gasteiger partial charge in [0.05, 0.1) is 7.11 Å². The quantitative estimate of drug-likeness (QED) is 0.762. The fourth-order valence-electron chi connectivity index (χ4n) is 1.29. The lowest BCUT2D eigenvalue weighted by Gasteiger charge is -2.13. The molecule has 0 fully saturated rings. The summed E-state index contributed by atoms with van der Waals surface area (Å²) in [6.07, 6.45) is 0. The molecule has 1 atom stereocenters. The summed E-state index contributed by atoms with van der Waals surface area (Å²) in [6.45, 7) is 3.45. The van der Waals surface area contributed by atoms with Crippen LogP contribution in [0.4, 0.5) is 4.39 Å². The van der Waals surface area contributed by atoms with Gasteiger partial charge in [-0.25, -0.2) is 4.39 Å². The molecule has 2 nitrogen and oxygen atoms in total. The summed E-state index contributed by atoms with van der Waals surface area (Å²) >= 11 is 0. The summed E-state index contributed by atoms with van der Waals surface area (Å²) < 4.78 is 18.6. The zero-order valence-corrected chi connectivity index (χ0v) is 8.10. The van der Waals surface area contributed by atoms with Crippen LogP contribution in [0.2, 0.25) is 0 Å². The number of ether oxygens (including phenoxy) is 1. The van der Waals surface area contributed by atoms with Gasteiger partial charge in [0, 0.05) is 11.6 Å². The molecule has 2 N–H and O–H groups in total. The smallest absolute Gasteiger partial charge is 0.134 e. The maximum Gasteiger partial charge on any atom is 0.134 e. The minimum Gasteiger partial charge on any atom is -0.496 e. The molecule has 13 heavy (non-hydrogen) atoms. The molecule has 1 aromatic rings. The van der Waals surface area contributed by atoms with Crippen molar-refractivity contribution in [3.05, 3.63) is 29.1 Å². The van der Waals surface area contributed by atoms with Crippen molar-refractivity contribution in [2.75, 3.05) is 7.11 Å². The number of nitrogens with two attached hydrogens (primary N) is 1. The van der Waals surface area contributed by atoms with Gasteiger partial charge in [0.25, 0.3) is 0 Å². The van der Waals surface area contributed by atoms with Crippen LogP contribution < -0.4 is 10.5 Å². The van der Waals surface area contributed by atoms with Crippen LogP contribution >= 0.6 is 0 Å². The predicted molar refractivity (Wildman–Crippen MR) is 50.3 cm³/mol. The molecule has 0 saturated carbocycles. The lowest BCUT2D eigenvalue weighted by molar-refractivity contribution is 0.400. The van der Waals surface area contributed by atoms with Crippen molar-refractivity contribution in [1.29, 1.82) is 0 Å². The normalized spacial score (nSPS) is 12.7. The Morgan fingerprint density at radius 1 is 1.46 bits per heavy atom. The summed E-state index contributed by atoms with van der Waals surface area (Å²) in [7, 11) is 1.51. The first kappa shape index (κ1) is 9.99. The van der Waals surface area contributed by atoms with Gasteiger partial charge >= 0.3 is 0 Å². The van der Waals surface area contributed by atoms with Crippen LogP contribution in [-0.2, 0) is 0 Å². The monoisotopic (exact) mass is 183 g/mol. The van der Waals surface area contributed by atoms with Gasteiger partial charge in [-0.05, 0) is 25.5 Å². The number of hydrogen-bond acceptors (Lipinski definition) is 2. The molecule has 0 amide bonds. The highest BCUT2D eigenvalue weighted by atomic mass is 19.1. The summed E-state index contributed by atoms with van der Waals surface area (Å²) in [4.78, 5) is 0. The van der Waals surface area contributed by atoms with E-state index in [1.165, 1.54) is 7.11 Å². The second-order valence-electron chi connectivity index (χ2n) is 3.10. The summed E-state index contributed by atoms with van der Waals surface area (Å²) in [5.74, 6) is 0.243. The van der Waals surface area contributed by atoms with E-state index >= 15 is 0 Å². The van der Waals surface area contributed by atoms with Crippen LogP contribution in [0.3, 0.4) is 0 Å². The average Bonchev–Trinajstić information content (AvgIpc) is 2.08. The van der Waals surface area contributed by atoms with Gasteiger partial charge in [0.15, 0.2) is 0 Å². The van der Waals surface area contributed by atoms with E-state index in [0.29, 0.717) is 16.9 Å². The van der Waals surface area contributed by atoms with Crippen LogP contribution in [0.15, 0.2) is 12.1 Å². The van der Waals surface area contributed by atoms with Crippen molar-refractivity contribution in [2.45, 2.75) is 19.9 Å². The Labute approximate surface area is 77.5 Å². The van der Waals surface area contributed by atoms with Crippen LogP contribution in [0.5, 0.6) is 5.75 Å². The first-order valence-electron chi connectivity index (χ1n) is 4.16. The molecule has 72 valence electrons. The van der Waals surface area contributed by atoms with Crippen LogP contribution in [0.25, 0.3) is 0 Å². The fourth-order valence-corrected chi connectivity index (χ4v) is 1.29. The Balaban J connectivity index is 3.32. The minimum absolute atomic E-state index is 0.269. The summed E-state index contributed by atoms with van der Waals surface area (Å²) in [5.41, 5.74) is 6.68. The summed E-state index contributed by atoms with van der Waals surface area (Å²) in [5, 5.41) is 0. The Kier molecular flexibility index (Phi) is 2.88. The molecule has 0 heterocycles. The summed E-state index contributed by atoms with van der Waals surface area (Å²) in [6, 6.07) is 3.06. The van der Waals surface area contributed by atoms with Crippen LogP contribution in [0, 0.1) is 12.7 Å². The van der Waals surface area contributed by atoms with Crippen LogP contribution in [-0.4, -0.2) is 7.11 Å². The Bertz CT molecular complexity index is 310. The molecule has 0 aliphatic carbocycles. The zero-order chi connectivity index (χ0) is 10.0. The SMILES string of the molecule is COc1ccc(C)c(F)c1C(C)N. The van der Waals surface area contributed by atoms with E-state index < -0.39 is 0 Å². The number of methoxy groups -OCH3 is 1. The van der Waals surface area contributed by atoms with Crippen molar-refractivity contribution in [1.82, 2.24) is 0 Å². The second kappa shape index (κ2) is 3.75. The number of hydrogen-bond donors (Lipinski definition) is 1. The predicted octanol–water partition coefficient (Wildman–Crippen LogP) is 2.16. The average molecular weight is 183 g/mol. The van der Waals surface area contributed by atoms with Gasteiger partial charge in [-0.3, -0.25) is 0 Å². The molecule has 0 bridgehead atoms. The van der Waals surface area contributed by atoms with E-state index in [0.717, 1.165) is 0 Å². The molecule has 1 unspecified atom stereocenters. The van der Waals surface area contributed by atoms with Crippen molar-refractivity contribution < 1.29 is 9.13 Å². The number of rotatable bonds is 2. The van der Waals surface area contributed by atoms with E-state index in [1.54, 1.807) is 26.0 Å². The molecule has 0 aliphatic heterocycles. The lowest BCUT2D eigenvalue weighted by Crippen LogP contribution is -2.10. The van der Waals surface area contributed by atoms with Gasteiger partial charge in [-0.1, -0.05) is 6.07 Å². The highest BCUT2D eigenvalue weighted by molar-refractivity contribution is 5.40. The zero-order valence-electron chi connectivity index (χ0n) is 8.10. The molecule has 0 spiro atoms. The first-order valence-corrected chi connectivity index (χ1v) is 4.16. The first-order chi connectivity index (χ1) is 6.07. The molecular formula is C10H14FNO. The molecule has 1 aromatic carbocycles. The molecule has 1 rings (SSSR count). The van der Waals surface area contributed by atoms with Crippen LogP contribution in [0.1, 0.15) is 24.1 Å². The Hall–Kier alpha value is -1.09. The third kappa shape index (κ3) is 1.80. The maximum absolute atomic E-state index is 13.5. The highest BCUT2D eigenvalue weighted by Crippen LogP contribution is 2.28. The molecule has 0 saturated heterocycles. The van der Waals surface area contributed by atoms with E-state index in [2.05, 4.69) is 0 Å². The van der Waals surface area contributed by atoms with Gasteiger partial charge in [-0.15, -0.1) is 0 Å². The lowest BCUT2D eigenvalue weighted by atomic mass is 10.0. The number of aryl methyl sites for hydroxylation is 1. The van der Waals surface area contributed by atoms with Crippen molar-refractivity contribution in [3.63, 3.8) is 0 Å². The minimum atomic E-state index is -0.352. The third-order valence-electron chi connectivity index (χ3n) is 2.01. The topological polar surface area (TPSA) is 35.2 Å². The van der Waals surface area contributed by atoms with E-state index in [1.807, 2.05) is 0 Å². The van der Waals surface area contributed by atoms with E-state index in [9.17, 15) is 4.39 Å². The molecule has 0 radical (unpaired) electrons. The second-order valence-corrected chi connectivity index (χ2v) is 3.10. The largest absolute Gasteiger partial charge is 0.496 e. The standard InChI is InChI=1S/C10H14FNO/c1-6-4-5-8(13-3)9(7(2)12)10(6)11/h4-5,7H,12H2,1-3H3. The molecule has 0 aromatic heterocycles. The number of benzene rings is 1. The Morgan fingerprint density at radius 3 is 2.54 bits per heavy atom. The van der Waals surface area contributed by atoms with Gasteiger partial charge in [0.2, 0.25) is 0 Å². The molecular weight excluding hydrogens is 169 g/mol. The van der Waals surface area contributed by atoms with Crippen molar-refractivity contribution in [3.8, 4) is 5.75 Å². The van der Waals surface area contributed by atoms with Gasteiger partial charge in [0.1, 0.15) is 11.6 Å². The molecule has 3 heteroatoms. The van der Waals surface area contributed by atoms with Crippen molar-refractivity contribution >= 4 is 0 Å². The number of halogens is 1. The van der Waals surface area contributed by atoms with E-state index in [4.69, 9.17) is 10.5 Å². The van der Waals surface area contributed by atoms with Gasteiger partial charge < -0.3 is 10.5 Å². The third-order valence-corrected chi connectivity index (χ3v) is 2.01. The highest BCUT2D eigenvalue weighted by Gasteiger charge is 2.14. The van der Waals surface area contributed by atoms with Crippen molar-refractivity contribution in [2.24, 2.45) is 5.73 Å². The van der Waals surface area contributed by atoms with E-state index in [-0.39, 0.29) is 11.9 Å². The fraction of sp³-hybridized carbons (Fsp3) is 0.400. The molecule has 0 aliphatic rings. The van der Waals surface area contributed by atoms with Gasteiger partial charge in [-0.2, -0.15) is 0 Å². The Morgan fingerprint density at radius 2 is 2.08 bits per heavy atom.